The molecule has 0 spiro atoms. The van der Waals surface area contributed by atoms with Crippen molar-refractivity contribution >= 4 is 0 Å². The molecule has 0 aliphatic carbocycles. The molecule has 0 aromatic carbocycles. The van der Waals surface area contributed by atoms with Crippen molar-refractivity contribution in [1.82, 2.24) is 0 Å². The van der Waals surface area contributed by atoms with Crippen LogP contribution in [0.1, 0.15) is 6.92 Å². The molecule has 0 rings (SSSR count). The van der Waals surface area contributed by atoms with Crippen LogP contribution >= 0.6 is 0 Å². The van der Waals surface area contributed by atoms with Crippen molar-refractivity contribution in [1.29, 1.82) is 0 Å². The molecule has 0 aliphatic heterocycles. The van der Waals surface area contributed by atoms with Crippen molar-refractivity contribution < 1.29 is 40.3 Å². The molecule has 5 heteroatoms. The molecule has 5 N–H and O–H groups in total. The van der Waals surface area contributed by atoms with Crippen molar-refractivity contribution in [2.75, 3.05) is 0 Å². The van der Waals surface area contributed by atoms with Crippen molar-refractivity contribution in [3.63, 3.8) is 0 Å². The summed E-state index contributed by atoms with van der Waals surface area (Å²) in [7, 11) is 0. The van der Waals surface area contributed by atoms with Gasteiger partial charge in [0, 0.05) is 19.5 Å². The topological polar surface area (TPSA) is 92.2 Å². The third-order valence-corrected chi connectivity index (χ3v) is 0.888. The van der Waals surface area contributed by atoms with E-state index < -0.39 is 18.3 Å². The second kappa shape index (κ2) is 7.57. The number of rotatable bonds is 2. The van der Waals surface area contributed by atoms with Crippen LogP contribution in [0.15, 0.2) is 0 Å². The third-order valence-electron chi connectivity index (χ3n) is 0.888. The van der Waals surface area contributed by atoms with Crippen molar-refractivity contribution in [2.24, 2.45) is 0 Å². The number of hydrogen-bond donors (Lipinski definition) is 3. The van der Waals surface area contributed by atoms with Gasteiger partial charge in [-0.25, -0.2) is 0 Å². The summed E-state index contributed by atoms with van der Waals surface area (Å²) in [6, 6.07) is 0. The second-order valence-electron chi connectivity index (χ2n) is 1.80. The molecule has 10 heavy (non-hydrogen) atoms. The van der Waals surface area contributed by atoms with Crippen LogP contribution in [0.2, 0.25) is 0 Å². The fourth-order valence-electron chi connectivity index (χ4n) is 0.321. The average Bonchev–Trinajstić information content (AvgIpc) is 1.64. The summed E-state index contributed by atoms with van der Waals surface area (Å²) in [5.74, 6) is 0. The SMILES string of the molecule is O.[CH2-][C@@H](O)[C@H](O)[C@@H](C)O.[Rh]. The quantitative estimate of drug-likeness (QED) is 0.388. The molecular formula is C5H13O4Rh-. The number of aliphatic hydroxyl groups excluding tert-OH is 3. The summed E-state index contributed by atoms with van der Waals surface area (Å²) in [5, 5.41) is 25.7. The van der Waals surface area contributed by atoms with Crippen LogP contribution in [0.25, 0.3) is 0 Å². The standard InChI is InChI=1S/C5H11O3.H2O.Rh/c1-3(6)5(8)4(2)7;;/h3-8H,1H2,2H3;1H2;/q-1;;/t3-,4-,5+;;/m1../s1. The Morgan fingerprint density at radius 2 is 1.50 bits per heavy atom. The third kappa shape index (κ3) is 6.58. The summed E-state index contributed by atoms with van der Waals surface area (Å²) in [5.41, 5.74) is 0. The smallest absolute Gasteiger partial charge is 0.0773 e. The normalized spacial score (nSPS) is 17.7. The summed E-state index contributed by atoms with van der Waals surface area (Å²) in [4.78, 5) is 0. The molecule has 0 bridgehead atoms. The Hall–Kier alpha value is 0.463. The fourth-order valence-corrected chi connectivity index (χ4v) is 0.321. The van der Waals surface area contributed by atoms with E-state index in [1.165, 1.54) is 6.92 Å². The molecule has 0 saturated carbocycles. The molecule has 0 aromatic rings. The molecule has 0 unspecified atom stereocenters. The second-order valence-corrected chi connectivity index (χ2v) is 1.80. The predicted octanol–water partition coefficient (Wildman–Crippen LogP) is -1.90. The minimum Gasteiger partial charge on any atom is -0.423 e. The first-order valence-electron chi connectivity index (χ1n) is 2.43. The molecule has 0 aromatic heterocycles. The zero-order chi connectivity index (χ0) is 6.73. The molecule has 0 amide bonds. The van der Waals surface area contributed by atoms with Gasteiger partial charge in [-0.2, -0.15) is 0 Å². The molecule has 0 aliphatic rings. The van der Waals surface area contributed by atoms with Gasteiger partial charge < -0.3 is 27.7 Å². The van der Waals surface area contributed by atoms with Gasteiger partial charge >= 0.3 is 0 Å². The largest absolute Gasteiger partial charge is 0.423 e. The van der Waals surface area contributed by atoms with Crippen LogP contribution in [-0.4, -0.2) is 39.1 Å². The maximum absolute atomic E-state index is 8.64. The van der Waals surface area contributed by atoms with Gasteiger partial charge in [0.05, 0.1) is 12.2 Å². The van der Waals surface area contributed by atoms with Gasteiger partial charge in [0.15, 0.2) is 0 Å². The van der Waals surface area contributed by atoms with Crippen molar-refractivity contribution in [3.05, 3.63) is 6.92 Å². The Kier molecular flexibility index (Phi) is 12.7. The molecule has 4 nitrogen and oxygen atoms in total. The predicted molar refractivity (Wildman–Crippen MR) is 32.7 cm³/mol. The molecule has 1 radical (unpaired) electrons. The zero-order valence-corrected chi connectivity index (χ0v) is 7.25. The van der Waals surface area contributed by atoms with E-state index >= 15 is 0 Å². The van der Waals surface area contributed by atoms with Crippen LogP contribution in [-0.2, 0) is 19.5 Å². The van der Waals surface area contributed by atoms with E-state index in [0.717, 1.165) is 0 Å². The summed E-state index contributed by atoms with van der Waals surface area (Å²) in [6.45, 7) is 4.49. The average molecular weight is 240 g/mol. The molecular weight excluding hydrogens is 227 g/mol. The Morgan fingerprint density at radius 3 is 1.50 bits per heavy atom. The van der Waals surface area contributed by atoms with Crippen LogP contribution in [0.4, 0.5) is 0 Å². The van der Waals surface area contributed by atoms with Crippen molar-refractivity contribution in [2.45, 2.75) is 25.2 Å². The van der Waals surface area contributed by atoms with Gasteiger partial charge in [0.25, 0.3) is 0 Å². The van der Waals surface area contributed by atoms with E-state index in [9.17, 15) is 0 Å². The Bertz CT molecular complexity index is 58.7. The van der Waals surface area contributed by atoms with Gasteiger partial charge in [0.2, 0.25) is 0 Å². The van der Waals surface area contributed by atoms with Crippen molar-refractivity contribution in [3.8, 4) is 0 Å². The van der Waals surface area contributed by atoms with E-state index in [1.54, 1.807) is 0 Å². The number of hydrogen-bond acceptors (Lipinski definition) is 3. The van der Waals surface area contributed by atoms with E-state index in [2.05, 4.69) is 6.92 Å². The minimum atomic E-state index is -1.13. The molecule has 67 valence electrons. The summed E-state index contributed by atoms with van der Waals surface area (Å²) < 4.78 is 0. The van der Waals surface area contributed by atoms with Gasteiger partial charge in [-0.15, -0.1) is 0 Å². The van der Waals surface area contributed by atoms with Gasteiger partial charge in [-0.05, 0) is 13.0 Å². The fraction of sp³-hybridized carbons (Fsp3) is 0.800. The molecule has 3 atom stereocenters. The zero-order valence-electron chi connectivity index (χ0n) is 5.61. The van der Waals surface area contributed by atoms with Gasteiger partial charge in [-0.3, -0.25) is 0 Å². The van der Waals surface area contributed by atoms with Crippen LogP contribution < -0.4 is 0 Å². The maximum atomic E-state index is 8.64. The number of aliphatic hydroxyl groups is 3. The van der Waals surface area contributed by atoms with Crippen LogP contribution in [0.5, 0.6) is 0 Å². The Balaban J connectivity index is -0.000000245. The maximum Gasteiger partial charge on any atom is 0.0773 e. The molecule has 0 heterocycles. The Labute approximate surface area is 72.9 Å². The summed E-state index contributed by atoms with van der Waals surface area (Å²) >= 11 is 0. The van der Waals surface area contributed by atoms with Crippen LogP contribution in [0, 0.1) is 6.92 Å². The van der Waals surface area contributed by atoms with Crippen LogP contribution in [0.3, 0.4) is 0 Å². The van der Waals surface area contributed by atoms with E-state index in [4.69, 9.17) is 15.3 Å². The minimum absolute atomic E-state index is 0. The summed E-state index contributed by atoms with van der Waals surface area (Å²) in [6.07, 6.45) is -3.15. The van der Waals surface area contributed by atoms with E-state index in [-0.39, 0.29) is 25.0 Å². The molecule has 0 saturated heterocycles. The van der Waals surface area contributed by atoms with Gasteiger partial charge in [-0.1, -0.05) is 0 Å². The first kappa shape index (κ1) is 16.8. The van der Waals surface area contributed by atoms with E-state index in [1.807, 2.05) is 0 Å². The Morgan fingerprint density at radius 1 is 1.20 bits per heavy atom. The van der Waals surface area contributed by atoms with E-state index in [0.29, 0.717) is 0 Å². The monoisotopic (exact) mass is 240 g/mol. The van der Waals surface area contributed by atoms with Gasteiger partial charge in [0.1, 0.15) is 0 Å². The molecule has 0 fully saturated rings. The first-order chi connectivity index (χ1) is 3.55. The first-order valence-corrected chi connectivity index (χ1v) is 2.43.